The fraction of sp³-hybridized carbons (Fsp3) is 0.455. The molecule has 1 aromatic rings. The molecule has 0 radical (unpaired) electrons. The molecule has 0 saturated heterocycles. The SMILES string of the molecule is NCC1(F)CCCc2cccc(F)c21. The van der Waals surface area contributed by atoms with Crippen LogP contribution in [-0.4, -0.2) is 6.54 Å². The Labute approximate surface area is 81.9 Å². The summed E-state index contributed by atoms with van der Waals surface area (Å²) in [5.74, 6) is -0.463. The molecule has 1 aromatic carbocycles. The van der Waals surface area contributed by atoms with E-state index >= 15 is 0 Å². The van der Waals surface area contributed by atoms with Crippen LogP contribution in [0.3, 0.4) is 0 Å². The van der Waals surface area contributed by atoms with Crippen molar-refractivity contribution >= 4 is 0 Å². The number of hydrogen-bond donors (Lipinski definition) is 1. The second-order valence-electron chi connectivity index (χ2n) is 3.80. The molecule has 1 nitrogen and oxygen atoms in total. The van der Waals surface area contributed by atoms with Crippen molar-refractivity contribution in [3.63, 3.8) is 0 Å². The van der Waals surface area contributed by atoms with Crippen molar-refractivity contribution in [2.45, 2.75) is 24.9 Å². The minimum absolute atomic E-state index is 0.138. The Hall–Kier alpha value is -0.960. The number of aryl methyl sites for hydroxylation is 1. The molecule has 0 aromatic heterocycles. The Morgan fingerprint density at radius 3 is 2.93 bits per heavy atom. The van der Waals surface area contributed by atoms with E-state index in [2.05, 4.69) is 0 Å². The van der Waals surface area contributed by atoms with Gasteiger partial charge in [-0.1, -0.05) is 12.1 Å². The van der Waals surface area contributed by atoms with E-state index in [-0.39, 0.29) is 12.1 Å². The van der Waals surface area contributed by atoms with E-state index in [1.54, 1.807) is 12.1 Å². The van der Waals surface area contributed by atoms with E-state index in [9.17, 15) is 8.78 Å². The molecule has 0 saturated carbocycles. The van der Waals surface area contributed by atoms with Gasteiger partial charge >= 0.3 is 0 Å². The maximum Gasteiger partial charge on any atom is 0.151 e. The van der Waals surface area contributed by atoms with E-state index in [4.69, 9.17) is 5.73 Å². The van der Waals surface area contributed by atoms with E-state index in [0.717, 1.165) is 18.4 Å². The highest BCUT2D eigenvalue weighted by molar-refractivity contribution is 5.36. The molecule has 0 fully saturated rings. The second-order valence-corrected chi connectivity index (χ2v) is 3.80. The first-order valence-electron chi connectivity index (χ1n) is 4.84. The van der Waals surface area contributed by atoms with Crippen LogP contribution in [0.5, 0.6) is 0 Å². The molecule has 0 bridgehead atoms. The van der Waals surface area contributed by atoms with Gasteiger partial charge in [-0.25, -0.2) is 8.78 Å². The largest absolute Gasteiger partial charge is 0.327 e. The third-order valence-electron chi connectivity index (χ3n) is 2.89. The standard InChI is InChI=1S/C11H13F2N/c12-9-5-1-3-8-4-2-6-11(13,7-14)10(8)9/h1,3,5H,2,4,6-7,14H2. The molecule has 0 amide bonds. The van der Waals surface area contributed by atoms with Crippen molar-refractivity contribution in [2.24, 2.45) is 5.73 Å². The average molecular weight is 197 g/mol. The van der Waals surface area contributed by atoms with Crippen LogP contribution in [0.4, 0.5) is 8.78 Å². The van der Waals surface area contributed by atoms with Crippen molar-refractivity contribution in [1.82, 2.24) is 0 Å². The van der Waals surface area contributed by atoms with Gasteiger partial charge in [-0.05, 0) is 30.9 Å². The van der Waals surface area contributed by atoms with Gasteiger partial charge in [0.25, 0.3) is 0 Å². The summed E-state index contributed by atoms with van der Waals surface area (Å²) >= 11 is 0. The van der Waals surface area contributed by atoms with E-state index < -0.39 is 11.5 Å². The number of fused-ring (bicyclic) bond motifs is 1. The van der Waals surface area contributed by atoms with Crippen molar-refractivity contribution < 1.29 is 8.78 Å². The zero-order chi connectivity index (χ0) is 10.2. The topological polar surface area (TPSA) is 26.0 Å². The lowest BCUT2D eigenvalue weighted by molar-refractivity contribution is 0.141. The van der Waals surface area contributed by atoms with Gasteiger partial charge < -0.3 is 5.73 Å². The number of hydrogen-bond acceptors (Lipinski definition) is 1. The molecule has 2 N–H and O–H groups in total. The Kier molecular flexibility index (Phi) is 2.27. The molecular formula is C11H13F2N. The molecule has 1 aliphatic rings. The Morgan fingerprint density at radius 1 is 1.43 bits per heavy atom. The van der Waals surface area contributed by atoms with Gasteiger partial charge in [0, 0.05) is 12.1 Å². The van der Waals surface area contributed by atoms with Gasteiger partial charge in [-0.2, -0.15) is 0 Å². The zero-order valence-corrected chi connectivity index (χ0v) is 7.89. The molecule has 1 unspecified atom stereocenters. The Bertz CT molecular complexity index is 351. The highest BCUT2D eigenvalue weighted by Gasteiger charge is 2.37. The number of rotatable bonds is 1. The molecule has 14 heavy (non-hydrogen) atoms. The van der Waals surface area contributed by atoms with E-state index in [1.807, 2.05) is 0 Å². The highest BCUT2D eigenvalue weighted by Crippen LogP contribution is 2.39. The smallest absolute Gasteiger partial charge is 0.151 e. The maximum atomic E-state index is 14.2. The summed E-state index contributed by atoms with van der Waals surface area (Å²) in [5, 5.41) is 0. The lowest BCUT2D eigenvalue weighted by Crippen LogP contribution is -2.35. The van der Waals surface area contributed by atoms with Crippen LogP contribution in [0.25, 0.3) is 0 Å². The van der Waals surface area contributed by atoms with Crippen LogP contribution >= 0.6 is 0 Å². The maximum absolute atomic E-state index is 14.2. The van der Waals surface area contributed by atoms with Gasteiger partial charge in [0.15, 0.2) is 5.67 Å². The summed E-state index contributed by atoms with van der Waals surface area (Å²) in [6.45, 7) is -0.138. The molecule has 2 rings (SSSR count). The summed E-state index contributed by atoms with van der Waals surface area (Å²) in [4.78, 5) is 0. The van der Waals surface area contributed by atoms with Gasteiger partial charge in [0.2, 0.25) is 0 Å². The highest BCUT2D eigenvalue weighted by atomic mass is 19.1. The van der Waals surface area contributed by atoms with Gasteiger partial charge in [-0.3, -0.25) is 0 Å². The number of halogens is 2. The summed E-state index contributed by atoms with van der Waals surface area (Å²) < 4.78 is 27.6. The van der Waals surface area contributed by atoms with E-state index in [1.165, 1.54) is 6.07 Å². The van der Waals surface area contributed by atoms with Crippen LogP contribution < -0.4 is 5.73 Å². The van der Waals surface area contributed by atoms with E-state index in [0.29, 0.717) is 6.42 Å². The lowest BCUT2D eigenvalue weighted by Gasteiger charge is -2.31. The predicted molar refractivity (Wildman–Crippen MR) is 51.2 cm³/mol. The summed E-state index contributed by atoms with van der Waals surface area (Å²) in [5.41, 5.74) is 4.68. The number of alkyl halides is 1. The molecule has 1 aliphatic carbocycles. The minimum Gasteiger partial charge on any atom is -0.327 e. The summed E-state index contributed by atoms with van der Waals surface area (Å²) in [7, 11) is 0. The van der Waals surface area contributed by atoms with Crippen molar-refractivity contribution in [3.05, 3.63) is 35.1 Å². The molecule has 0 aliphatic heterocycles. The molecule has 0 heterocycles. The molecule has 3 heteroatoms. The van der Waals surface area contributed by atoms with Crippen molar-refractivity contribution in [3.8, 4) is 0 Å². The fourth-order valence-corrected chi connectivity index (χ4v) is 2.17. The monoisotopic (exact) mass is 197 g/mol. The quantitative estimate of drug-likeness (QED) is 0.734. The Morgan fingerprint density at radius 2 is 2.21 bits per heavy atom. The lowest BCUT2D eigenvalue weighted by atomic mass is 9.80. The van der Waals surface area contributed by atoms with Crippen LogP contribution in [0.1, 0.15) is 24.0 Å². The number of nitrogens with two attached hydrogens (primary N) is 1. The van der Waals surface area contributed by atoms with Crippen LogP contribution in [-0.2, 0) is 12.1 Å². The zero-order valence-electron chi connectivity index (χ0n) is 7.89. The predicted octanol–water partition coefficient (Wildman–Crippen LogP) is 2.29. The first kappa shape index (κ1) is 9.59. The molecule has 76 valence electrons. The van der Waals surface area contributed by atoms with Crippen molar-refractivity contribution in [1.29, 1.82) is 0 Å². The van der Waals surface area contributed by atoms with Gasteiger partial charge in [0.1, 0.15) is 5.82 Å². The van der Waals surface area contributed by atoms with Gasteiger partial charge in [0.05, 0.1) is 0 Å². The van der Waals surface area contributed by atoms with Crippen LogP contribution in [0.2, 0.25) is 0 Å². The summed E-state index contributed by atoms with van der Waals surface area (Å²) in [6.07, 6.45) is 1.82. The Balaban J connectivity index is 2.58. The first-order valence-corrected chi connectivity index (χ1v) is 4.84. The van der Waals surface area contributed by atoms with Gasteiger partial charge in [-0.15, -0.1) is 0 Å². The van der Waals surface area contributed by atoms with Crippen LogP contribution in [0.15, 0.2) is 18.2 Å². The fourth-order valence-electron chi connectivity index (χ4n) is 2.17. The third-order valence-corrected chi connectivity index (χ3v) is 2.89. The number of benzene rings is 1. The third kappa shape index (κ3) is 1.32. The summed E-state index contributed by atoms with van der Waals surface area (Å²) in [6, 6.07) is 4.70. The first-order chi connectivity index (χ1) is 6.67. The average Bonchev–Trinajstić information content (AvgIpc) is 2.18. The van der Waals surface area contributed by atoms with Crippen molar-refractivity contribution in [2.75, 3.05) is 6.54 Å². The normalized spacial score (nSPS) is 25.9. The minimum atomic E-state index is -1.65. The molecule has 1 atom stereocenters. The molecular weight excluding hydrogens is 184 g/mol. The second kappa shape index (κ2) is 3.31. The molecule has 0 spiro atoms. The van der Waals surface area contributed by atoms with Crippen LogP contribution in [0, 0.1) is 5.82 Å².